The minimum atomic E-state index is -1.62. The molecule has 1 saturated heterocycles. The zero-order valence-corrected chi connectivity index (χ0v) is 20.5. The Morgan fingerprint density at radius 1 is 1.23 bits per heavy atom. The van der Waals surface area contributed by atoms with Crippen molar-refractivity contribution in [2.24, 2.45) is 5.92 Å². The third-order valence-corrected chi connectivity index (χ3v) is 7.42. The highest BCUT2D eigenvalue weighted by Gasteiger charge is 2.58. The molecule has 3 aliphatic heterocycles. The van der Waals surface area contributed by atoms with Gasteiger partial charge in [0.1, 0.15) is 5.76 Å². The van der Waals surface area contributed by atoms with E-state index in [1.54, 1.807) is 7.11 Å². The lowest BCUT2D eigenvalue weighted by molar-refractivity contribution is -0.165. The van der Waals surface area contributed by atoms with Gasteiger partial charge in [-0.3, -0.25) is 9.69 Å². The molecule has 4 atom stereocenters. The smallest absolute Gasteiger partial charge is 0.336 e. The van der Waals surface area contributed by atoms with Crippen molar-refractivity contribution in [3.63, 3.8) is 0 Å². The maximum absolute atomic E-state index is 13.0. The van der Waals surface area contributed by atoms with Gasteiger partial charge >= 0.3 is 11.9 Å². The molecule has 9 nitrogen and oxygen atoms in total. The summed E-state index contributed by atoms with van der Waals surface area (Å²) in [5.74, 6) is 0.366. The molecular weight excluding hydrogens is 454 g/mol. The summed E-state index contributed by atoms with van der Waals surface area (Å²) in [6.07, 6.45) is 2.03. The lowest BCUT2D eigenvalue weighted by Crippen LogP contribution is -2.47. The number of hydrogen-bond donors (Lipinski definition) is 1. The Morgan fingerprint density at radius 2 is 2.00 bits per heavy atom. The summed E-state index contributed by atoms with van der Waals surface area (Å²) >= 11 is 0. The van der Waals surface area contributed by atoms with Gasteiger partial charge in [0, 0.05) is 6.54 Å². The zero-order valence-electron chi connectivity index (χ0n) is 20.5. The van der Waals surface area contributed by atoms with Gasteiger partial charge in [0.25, 0.3) is 0 Å². The number of nitrogens with zero attached hydrogens (tertiary/aromatic N) is 1. The summed E-state index contributed by atoms with van der Waals surface area (Å²) in [4.78, 5) is 27.5. The number of methoxy groups -OCH3 is 1. The van der Waals surface area contributed by atoms with Crippen LogP contribution in [0.2, 0.25) is 0 Å². The molecule has 2 unspecified atom stereocenters. The number of aliphatic hydroxyl groups is 1. The van der Waals surface area contributed by atoms with Crippen LogP contribution in [0, 0.1) is 5.92 Å². The second-order valence-electron chi connectivity index (χ2n) is 10.1. The fourth-order valence-electron chi connectivity index (χ4n) is 5.86. The third kappa shape index (κ3) is 4.25. The molecule has 1 spiro atoms. The van der Waals surface area contributed by atoms with E-state index in [0.29, 0.717) is 11.5 Å². The normalized spacial score (nSPS) is 27.4. The summed E-state index contributed by atoms with van der Waals surface area (Å²) in [7, 11) is 1.56. The number of carbonyl (C=O) groups excluding carboxylic acids is 2. The molecule has 1 aromatic carbocycles. The molecule has 0 bridgehead atoms. The molecule has 1 aromatic rings. The number of hydrogen-bond acceptors (Lipinski definition) is 9. The second-order valence-corrected chi connectivity index (χ2v) is 10.1. The van der Waals surface area contributed by atoms with Crippen LogP contribution in [0.3, 0.4) is 0 Å². The van der Waals surface area contributed by atoms with Crippen molar-refractivity contribution in [1.82, 2.24) is 4.90 Å². The van der Waals surface area contributed by atoms with Crippen LogP contribution in [0.5, 0.6) is 11.5 Å². The predicted octanol–water partition coefficient (Wildman–Crippen LogP) is 2.30. The van der Waals surface area contributed by atoms with Crippen molar-refractivity contribution >= 4 is 11.9 Å². The summed E-state index contributed by atoms with van der Waals surface area (Å²) in [5.41, 5.74) is 1.79. The van der Waals surface area contributed by atoms with Crippen LogP contribution in [0.25, 0.3) is 0 Å². The zero-order chi connectivity index (χ0) is 24.7. The average molecular weight is 488 g/mol. The van der Waals surface area contributed by atoms with Crippen LogP contribution in [-0.4, -0.2) is 73.3 Å². The average Bonchev–Trinajstić information content (AvgIpc) is 3.51. The van der Waals surface area contributed by atoms with Crippen LogP contribution in [0.1, 0.15) is 50.2 Å². The lowest BCUT2D eigenvalue weighted by atomic mass is 9.77. The molecule has 0 saturated carbocycles. The van der Waals surface area contributed by atoms with Crippen molar-refractivity contribution in [2.75, 3.05) is 33.6 Å². The number of aliphatic hydroxyl groups excluding tert-OH is 1. The van der Waals surface area contributed by atoms with Gasteiger partial charge in [-0.05, 0) is 61.1 Å². The SMILES string of the molecule is COC1=CC23CCCN2CCc2cc4c(cc2[C@@H]3C1OC(=O)[C@H](O)CC(=O)OCC(C)C)OCO4. The molecule has 3 heterocycles. The third-order valence-electron chi connectivity index (χ3n) is 7.42. The number of fused-ring (bicyclic) bond motifs is 3. The molecule has 9 heteroatoms. The first-order chi connectivity index (χ1) is 16.8. The summed E-state index contributed by atoms with van der Waals surface area (Å²) in [6, 6.07) is 4.02. The van der Waals surface area contributed by atoms with E-state index >= 15 is 0 Å². The summed E-state index contributed by atoms with van der Waals surface area (Å²) in [5, 5.41) is 10.4. The number of benzene rings is 1. The van der Waals surface area contributed by atoms with Gasteiger partial charge in [-0.25, -0.2) is 4.79 Å². The topological polar surface area (TPSA) is 104 Å². The van der Waals surface area contributed by atoms with Crippen LogP contribution < -0.4 is 9.47 Å². The molecule has 35 heavy (non-hydrogen) atoms. The standard InChI is InChI=1S/C26H33NO8/c1-15(2)13-32-22(29)11-18(28)25(30)35-24-21(31-3)12-26-6-4-7-27(26)8-5-16-9-19-20(34-14-33-19)10-17(16)23(24)26/h9-10,12,15,18,23-24,28H,4-8,11,13-14H2,1-3H3/t18-,23-,24?,26?/m1/s1. The van der Waals surface area contributed by atoms with Crippen molar-refractivity contribution in [2.45, 2.75) is 63.2 Å². The van der Waals surface area contributed by atoms with Gasteiger partial charge in [0.05, 0.1) is 31.6 Å². The van der Waals surface area contributed by atoms with Gasteiger partial charge < -0.3 is 28.8 Å². The number of ether oxygens (including phenoxy) is 5. The fourth-order valence-corrected chi connectivity index (χ4v) is 5.86. The van der Waals surface area contributed by atoms with E-state index in [9.17, 15) is 14.7 Å². The summed E-state index contributed by atoms with van der Waals surface area (Å²) < 4.78 is 28.0. The molecule has 0 amide bonds. The quantitative estimate of drug-likeness (QED) is 0.580. The first-order valence-electron chi connectivity index (χ1n) is 12.3. The Hall–Kier alpha value is -2.78. The molecule has 1 fully saturated rings. The van der Waals surface area contributed by atoms with E-state index in [1.165, 1.54) is 0 Å². The largest absolute Gasteiger partial charge is 0.497 e. The molecule has 190 valence electrons. The highest BCUT2D eigenvalue weighted by Crippen LogP contribution is 2.55. The van der Waals surface area contributed by atoms with Gasteiger partial charge in [-0.15, -0.1) is 0 Å². The first kappa shape index (κ1) is 23.9. The van der Waals surface area contributed by atoms with Crippen LogP contribution in [0.4, 0.5) is 0 Å². The highest BCUT2D eigenvalue weighted by atomic mass is 16.7. The van der Waals surface area contributed by atoms with Crippen LogP contribution >= 0.6 is 0 Å². The van der Waals surface area contributed by atoms with Gasteiger partial charge in [0.15, 0.2) is 23.7 Å². The lowest BCUT2D eigenvalue weighted by Gasteiger charge is -2.39. The maximum atomic E-state index is 13.0. The minimum absolute atomic E-state index is 0.160. The minimum Gasteiger partial charge on any atom is -0.497 e. The Labute approximate surface area is 204 Å². The number of rotatable bonds is 7. The highest BCUT2D eigenvalue weighted by molar-refractivity contribution is 5.82. The molecular formula is C26H33NO8. The van der Waals surface area contributed by atoms with Crippen molar-refractivity contribution < 1.29 is 38.4 Å². The van der Waals surface area contributed by atoms with Crippen molar-refractivity contribution in [1.29, 1.82) is 0 Å². The van der Waals surface area contributed by atoms with Crippen molar-refractivity contribution in [3.05, 3.63) is 35.1 Å². The fraction of sp³-hybridized carbons (Fsp3) is 0.615. The van der Waals surface area contributed by atoms with E-state index in [4.69, 9.17) is 23.7 Å². The molecule has 1 N–H and O–H groups in total. The second kappa shape index (κ2) is 9.35. The van der Waals surface area contributed by atoms with Gasteiger partial charge in [-0.1, -0.05) is 13.8 Å². The monoisotopic (exact) mass is 487 g/mol. The van der Waals surface area contributed by atoms with Gasteiger partial charge in [0.2, 0.25) is 6.79 Å². The Bertz CT molecular complexity index is 1040. The molecule has 4 aliphatic rings. The van der Waals surface area contributed by atoms with E-state index in [-0.39, 0.29) is 30.8 Å². The number of carbonyl (C=O) groups is 2. The summed E-state index contributed by atoms with van der Waals surface area (Å²) in [6.45, 7) is 6.04. The Morgan fingerprint density at radius 3 is 2.74 bits per heavy atom. The predicted molar refractivity (Wildman–Crippen MR) is 124 cm³/mol. The van der Waals surface area contributed by atoms with Gasteiger partial charge in [-0.2, -0.15) is 0 Å². The van der Waals surface area contributed by atoms with E-state index in [1.807, 2.05) is 26.0 Å². The van der Waals surface area contributed by atoms with E-state index in [0.717, 1.165) is 49.2 Å². The Kier molecular flexibility index (Phi) is 6.40. The maximum Gasteiger partial charge on any atom is 0.336 e. The number of esters is 2. The first-order valence-corrected chi connectivity index (χ1v) is 12.3. The molecule has 5 rings (SSSR count). The molecule has 0 radical (unpaired) electrons. The van der Waals surface area contributed by atoms with Crippen LogP contribution in [0.15, 0.2) is 24.0 Å². The Balaban J connectivity index is 1.44. The van der Waals surface area contributed by atoms with E-state index in [2.05, 4.69) is 11.0 Å². The van der Waals surface area contributed by atoms with Crippen LogP contribution in [-0.2, 0) is 30.2 Å². The molecule has 0 aromatic heterocycles. The molecule has 1 aliphatic carbocycles. The van der Waals surface area contributed by atoms with E-state index < -0.39 is 30.6 Å². The van der Waals surface area contributed by atoms with Crippen molar-refractivity contribution in [3.8, 4) is 11.5 Å².